The molecule has 1 aromatic heterocycles. The normalized spacial score (nSPS) is 11.7. The van der Waals surface area contributed by atoms with E-state index in [0.29, 0.717) is 18.7 Å². The van der Waals surface area contributed by atoms with Gasteiger partial charge < -0.3 is 14.8 Å². The first kappa shape index (κ1) is 35.6. The molecule has 0 aliphatic carbocycles. The van der Waals surface area contributed by atoms with Crippen molar-refractivity contribution in [1.29, 1.82) is 0 Å². The Kier molecular flexibility index (Phi) is 15.2. The maximum absolute atomic E-state index is 12.7. The Balaban J connectivity index is 1.41. The van der Waals surface area contributed by atoms with Crippen molar-refractivity contribution in [3.05, 3.63) is 119 Å². The van der Waals surface area contributed by atoms with Crippen molar-refractivity contribution < 1.29 is 19.1 Å². The van der Waals surface area contributed by atoms with Crippen LogP contribution in [0.3, 0.4) is 0 Å². The van der Waals surface area contributed by atoms with Gasteiger partial charge in [-0.1, -0.05) is 119 Å². The van der Waals surface area contributed by atoms with E-state index in [9.17, 15) is 9.59 Å². The van der Waals surface area contributed by atoms with Gasteiger partial charge in [0, 0.05) is 24.7 Å². The van der Waals surface area contributed by atoms with Gasteiger partial charge in [-0.05, 0) is 48.2 Å². The number of carbonyl (C=O) groups excluding carboxylic acids is 2. The molecule has 0 fully saturated rings. The van der Waals surface area contributed by atoms with E-state index in [1.165, 1.54) is 32.1 Å². The Bertz CT molecular complexity index is 1470. The average molecular weight is 638 g/mol. The fraction of sp³-hybridized carbons (Fsp3) is 0.425. The molecule has 7 nitrogen and oxygen atoms in total. The first-order valence-corrected chi connectivity index (χ1v) is 17.4. The van der Waals surface area contributed by atoms with E-state index in [-0.39, 0.29) is 31.0 Å². The van der Waals surface area contributed by atoms with Crippen molar-refractivity contribution in [3.8, 4) is 5.69 Å². The van der Waals surface area contributed by atoms with Crippen molar-refractivity contribution in [2.24, 2.45) is 0 Å². The van der Waals surface area contributed by atoms with Gasteiger partial charge in [0.25, 0.3) is 0 Å². The Morgan fingerprint density at radius 3 is 2.17 bits per heavy atom. The molecule has 0 aliphatic heterocycles. The number of benzene rings is 3. The summed E-state index contributed by atoms with van der Waals surface area (Å²) in [4.78, 5) is 30.0. The molecule has 250 valence electrons. The lowest BCUT2D eigenvalue weighted by molar-refractivity contribution is -0.144. The number of ether oxygens (including phenoxy) is 2. The zero-order valence-electron chi connectivity index (χ0n) is 28.2. The number of hydrogen-bond donors (Lipinski definition) is 1. The predicted octanol–water partition coefficient (Wildman–Crippen LogP) is 8.57. The fourth-order valence-corrected chi connectivity index (χ4v) is 5.60. The van der Waals surface area contributed by atoms with Gasteiger partial charge in [-0.3, -0.25) is 9.36 Å². The number of rotatable bonds is 21. The first-order valence-electron chi connectivity index (χ1n) is 17.4. The quantitative estimate of drug-likeness (QED) is 0.0728. The van der Waals surface area contributed by atoms with Crippen LogP contribution in [0.5, 0.6) is 0 Å². The first-order chi connectivity index (χ1) is 23.1. The van der Waals surface area contributed by atoms with E-state index < -0.39 is 0 Å². The van der Waals surface area contributed by atoms with Gasteiger partial charge in [-0.25, -0.2) is 9.78 Å². The smallest absolute Gasteiger partial charge is 0.338 e. The Morgan fingerprint density at radius 1 is 0.766 bits per heavy atom. The summed E-state index contributed by atoms with van der Waals surface area (Å²) >= 11 is 0. The van der Waals surface area contributed by atoms with Crippen molar-refractivity contribution in [3.63, 3.8) is 0 Å². The third-order valence-corrected chi connectivity index (χ3v) is 8.35. The molecule has 1 atom stereocenters. The highest BCUT2D eigenvalue weighted by atomic mass is 16.5. The van der Waals surface area contributed by atoms with Gasteiger partial charge in [0.2, 0.25) is 0 Å². The summed E-state index contributed by atoms with van der Waals surface area (Å²) in [6.45, 7) is 5.60. The van der Waals surface area contributed by atoms with Crippen LogP contribution >= 0.6 is 0 Å². The molecule has 4 aromatic rings. The molecule has 1 heterocycles. The summed E-state index contributed by atoms with van der Waals surface area (Å²) in [5, 5.41) is 3.69. The third-order valence-electron chi connectivity index (χ3n) is 8.35. The molecule has 0 spiro atoms. The zero-order valence-corrected chi connectivity index (χ0v) is 28.2. The zero-order chi connectivity index (χ0) is 33.1. The van der Waals surface area contributed by atoms with Crippen LogP contribution in [0.15, 0.2) is 91.1 Å². The van der Waals surface area contributed by atoms with Crippen LogP contribution in [0, 0.1) is 0 Å². The molecule has 0 aliphatic rings. The monoisotopic (exact) mass is 637 g/mol. The fourth-order valence-electron chi connectivity index (χ4n) is 5.60. The van der Waals surface area contributed by atoms with Gasteiger partial charge in [-0.15, -0.1) is 0 Å². The largest absolute Gasteiger partial charge is 0.461 e. The van der Waals surface area contributed by atoms with Crippen molar-refractivity contribution in [2.75, 3.05) is 6.61 Å². The lowest BCUT2D eigenvalue weighted by Crippen LogP contribution is -2.34. The summed E-state index contributed by atoms with van der Waals surface area (Å²) in [7, 11) is 0. The second kappa shape index (κ2) is 20.1. The van der Waals surface area contributed by atoms with E-state index in [0.717, 1.165) is 60.4 Å². The van der Waals surface area contributed by atoms with Crippen LogP contribution in [0.1, 0.15) is 105 Å². The van der Waals surface area contributed by atoms with E-state index in [2.05, 4.69) is 35.9 Å². The summed E-state index contributed by atoms with van der Waals surface area (Å²) in [5.41, 5.74) is 4.50. The standard InChI is InChI=1S/C40H51N3O4/c1-3-5-7-8-9-16-21-35(31-47-40(45)34-19-14-11-15-20-34)41-28-37-29-42-38(22-6-4-2)43(37)36-25-23-32(24-26-36)27-39(44)46-30-33-17-12-10-13-18-33/h10-15,17-20,23-26,29,35,41H,3-9,16,21-22,27-28,30-31H2,1-2H3. The molecule has 1 N–H and O–H groups in total. The maximum Gasteiger partial charge on any atom is 0.338 e. The second-order valence-corrected chi connectivity index (χ2v) is 12.2. The molecular formula is C40H51N3O4. The average Bonchev–Trinajstić information content (AvgIpc) is 3.52. The van der Waals surface area contributed by atoms with Gasteiger partial charge in [0.1, 0.15) is 19.0 Å². The minimum atomic E-state index is -0.295. The van der Waals surface area contributed by atoms with Gasteiger partial charge >= 0.3 is 11.9 Å². The molecule has 0 saturated heterocycles. The third kappa shape index (κ3) is 12.1. The summed E-state index contributed by atoms with van der Waals surface area (Å²) in [6.07, 6.45) is 13.4. The molecule has 0 bridgehead atoms. The summed E-state index contributed by atoms with van der Waals surface area (Å²) < 4.78 is 13.5. The summed E-state index contributed by atoms with van der Waals surface area (Å²) in [5.74, 6) is 0.472. The van der Waals surface area contributed by atoms with Crippen LogP contribution < -0.4 is 5.32 Å². The molecule has 3 aromatic carbocycles. The van der Waals surface area contributed by atoms with Crippen LogP contribution in [-0.2, 0) is 40.3 Å². The van der Waals surface area contributed by atoms with Gasteiger partial charge in [-0.2, -0.15) is 0 Å². The summed E-state index contributed by atoms with van der Waals surface area (Å²) in [6, 6.07) is 27.0. The molecule has 0 saturated carbocycles. The number of aryl methyl sites for hydroxylation is 1. The Morgan fingerprint density at radius 2 is 1.45 bits per heavy atom. The van der Waals surface area contributed by atoms with E-state index in [4.69, 9.17) is 14.5 Å². The highest BCUT2D eigenvalue weighted by Crippen LogP contribution is 2.19. The lowest BCUT2D eigenvalue weighted by Gasteiger charge is -2.20. The minimum absolute atomic E-state index is 0.0283. The second-order valence-electron chi connectivity index (χ2n) is 12.2. The highest BCUT2D eigenvalue weighted by Gasteiger charge is 2.17. The number of aromatic nitrogens is 2. The number of esters is 2. The lowest BCUT2D eigenvalue weighted by atomic mass is 10.1. The predicted molar refractivity (Wildman–Crippen MR) is 187 cm³/mol. The molecule has 47 heavy (non-hydrogen) atoms. The van der Waals surface area contributed by atoms with Crippen LogP contribution in [-0.4, -0.2) is 34.1 Å². The minimum Gasteiger partial charge on any atom is -0.461 e. The molecule has 7 heteroatoms. The molecule has 0 amide bonds. The highest BCUT2D eigenvalue weighted by molar-refractivity contribution is 5.89. The van der Waals surface area contributed by atoms with E-state index >= 15 is 0 Å². The SMILES string of the molecule is CCCCCCCCC(COC(=O)c1ccccc1)NCc1cnc(CCCC)n1-c1ccc(CC(=O)OCc2ccccc2)cc1. The number of nitrogens with one attached hydrogen (secondary N) is 1. The van der Waals surface area contributed by atoms with Crippen molar-refractivity contribution in [2.45, 2.75) is 104 Å². The van der Waals surface area contributed by atoms with Crippen molar-refractivity contribution in [1.82, 2.24) is 14.9 Å². The van der Waals surface area contributed by atoms with Crippen LogP contribution in [0.4, 0.5) is 0 Å². The molecule has 0 radical (unpaired) electrons. The van der Waals surface area contributed by atoms with Crippen molar-refractivity contribution >= 4 is 11.9 Å². The molecule has 1 unspecified atom stereocenters. The number of imidazole rings is 1. The van der Waals surface area contributed by atoms with E-state index in [1.54, 1.807) is 12.1 Å². The van der Waals surface area contributed by atoms with Gasteiger partial charge in [0.05, 0.1) is 23.9 Å². The number of carbonyl (C=O) groups is 2. The van der Waals surface area contributed by atoms with Gasteiger partial charge in [0.15, 0.2) is 0 Å². The molecule has 4 rings (SSSR count). The van der Waals surface area contributed by atoms with E-state index in [1.807, 2.05) is 66.9 Å². The van der Waals surface area contributed by atoms with Crippen LogP contribution in [0.2, 0.25) is 0 Å². The molecular weight excluding hydrogens is 586 g/mol. The Labute approximate surface area is 280 Å². The number of nitrogens with zero attached hydrogens (tertiary/aromatic N) is 2. The number of hydrogen-bond acceptors (Lipinski definition) is 6. The van der Waals surface area contributed by atoms with Crippen LogP contribution in [0.25, 0.3) is 5.69 Å². The maximum atomic E-state index is 12.7. The number of unbranched alkanes of at least 4 members (excludes halogenated alkanes) is 6. The topological polar surface area (TPSA) is 82.5 Å². The Hall–Kier alpha value is -4.23.